The van der Waals surface area contributed by atoms with Crippen LogP contribution in [-0.4, -0.2) is 0 Å². The van der Waals surface area contributed by atoms with Crippen LogP contribution in [-0.2, 0) is 0 Å². The Kier molecular flexibility index (Phi) is 4.60. The third-order valence-corrected chi connectivity index (χ3v) is 2.77. The van der Waals surface area contributed by atoms with E-state index in [1.165, 1.54) is 16.8 Å². The molecule has 1 heteroatoms. The summed E-state index contributed by atoms with van der Waals surface area (Å²) >= 11 is 0. The van der Waals surface area contributed by atoms with Crippen molar-refractivity contribution in [2.75, 3.05) is 5.32 Å². The van der Waals surface area contributed by atoms with Gasteiger partial charge >= 0.3 is 0 Å². The second-order valence-corrected chi connectivity index (χ2v) is 4.77. The van der Waals surface area contributed by atoms with Gasteiger partial charge in [-0.1, -0.05) is 52.0 Å². The van der Waals surface area contributed by atoms with Gasteiger partial charge in [-0.2, -0.15) is 0 Å². The average molecular weight is 217 g/mol. The first-order chi connectivity index (χ1) is 7.57. The van der Waals surface area contributed by atoms with Crippen LogP contribution < -0.4 is 5.32 Å². The van der Waals surface area contributed by atoms with Crippen molar-refractivity contribution in [1.82, 2.24) is 0 Å². The first kappa shape index (κ1) is 12.8. The van der Waals surface area contributed by atoms with Gasteiger partial charge in [0.15, 0.2) is 0 Å². The molecule has 1 aromatic carbocycles. The van der Waals surface area contributed by atoms with Crippen LogP contribution in [0.5, 0.6) is 0 Å². The molecule has 0 bridgehead atoms. The zero-order chi connectivity index (χ0) is 12.1. The number of nitrogens with one attached hydrogen (secondary N) is 1. The monoisotopic (exact) mass is 217 g/mol. The molecule has 0 unspecified atom stereocenters. The van der Waals surface area contributed by atoms with Crippen LogP contribution in [0.1, 0.15) is 57.6 Å². The molecule has 0 atom stereocenters. The van der Waals surface area contributed by atoms with E-state index in [1.54, 1.807) is 0 Å². The minimum absolute atomic E-state index is 0.548. The summed E-state index contributed by atoms with van der Waals surface area (Å²) in [4.78, 5) is 0. The lowest BCUT2D eigenvalue weighted by molar-refractivity contribution is 0.838. The molecule has 0 aromatic heterocycles. The second kappa shape index (κ2) is 5.74. The van der Waals surface area contributed by atoms with Gasteiger partial charge in [0.25, 0.3) is 0 Å². The van der Waals surface area contributed by atoms with Crippen molar-refractivity contribution in [3.8, 4) is 0 Å². The highest BCUT2D eigenvalue weighted by Crippen LogP contribution is 2.32. The van der Waals surface area contributed by atoms with Crippen molar-refractivity contribution in [2.24, 2.45) is 0 Å². The van der Waals surface area contributed by atoms with E-state index in [0.29, 0.717) is 11.8 Å². The summed E-state index contributed by atoms with van der Waals surface area (Å²) in [7, 11) is 0. The molecular formula is C15H23N. The van der Waals surface area contributed by atoms with Crippen LogP contribution in [0, 0.1) is 0 Å². The zero-order valence-electron chi connectivity index (χ0n) is 11.0. The third-order valence-electron chi connectivity index (χ3n) is 2.77. The molecule has 0 aliphatic rings. The molecule has 1 N–H and O–H groups in total. The third kappa shape index (κ3) is 2.88. The molecule has 0 saturated carbocycles. The lowest BCUT2D eigenvalue weighted by atomic mass is 9.93. The number of hydrogen-bond acceptors (Lipinski definition) is 1. The zero-order valence-corrected chi connectivity index (χ0v) is 11.0. The highest BCUT2D eigenvalue weighted by Gasteiger charge is 2.12. The summed E-state index contributed by atoms with van der Waals surface area (Å²) in [6.45, 7) is 11.0. The topological polar surface area (TPSA) is 12.0 Å². The smallest absolute Gasteiger partial charge is 0.0450 e. The van der Waals surface area contributed by atoms with Crippen molar-refractivity contribution < 1.29 is 0 Å². The van der Waals surface area contributed by atoms with Crippen molar-refractivity contribution in [3.05, 3.63) is 41.6 Å². The lowest BCUT2D eigenvalue weighted by Crippen LogP contribution is -2.02. The molecule has 0 radical (unpaired) electrons. The van der Waals surface area contributed by atoms with Gasteiger partial charge in [-0.15, -0.1) is 0 Å². The molecule has 0 aliphatic heterocycles. The Balaban J connectivity index is 3.23. The molecule has 0 spiro atoms. The SMILES string of the molecule is C/C=C\Nc1c(C(C)C)cccc1C(C)C. The summed E-state index contributed by atoms with van der Waals surface area (Å²) in [6, 6.07) is 6.58. The maximum atomic E-state index is 3.41. The minimum Gasteiger partial charge on any atom is -0.362 e. The molecular weight excluding hydrogens is 194 g/mol. The first-order valence-electron chi connectivity index (χ1n) is 6.08. The van der Waals surface area contributed by atoms with E-state index in [2.05, 4.69) is 51.2 Å². The van der Waals surface area contributed by atoms with Crippen LogP contribution in [0.4, 0.5) is 5.69 Å². The van der Waals surface area contributed by atoms with Crippen molar-refractivity contribution in [3.63, 3.8) is 0 Å². The van der Waals surface area contributed by atoms with Crippen molar-refractivity contribution >= 4 is 5.69 Å². The van der Waals surface area contributed by atoms with E-state index in [0.717, 1.165) is 0 Å². The first-order valence-corrected chi connectivity index (χ1v) is 6.08. The van der Waals surface area contributed by atoms with E-state index < -0.39 is 0 Å². The van der Waals surface area contributed by atoms with Gasteiger partial charge in [-0.3, -0.25) is 0 Å². The molecule has 16 heavy (non-hydrogen) atoms. The Morgan fingerprint density at radius 3 is 1.88 bits per heavy atom. The van der Waals surface area contributed by atoms with Crippen LogP contribution in [0.3, 0.4) is 0 Å². The number of allylic oxidation sites excluding steroid dienone is 1. The van der Waals surface area contributed by atoms with Gasteiger partial charge < -0.3 is 5.32 Å². The molecule has 0 saturated heterocycles. The van der Waals surface area contributed by atoms with E-state index in [9.17, 15) is 0 Å². The van der Waals surface area contributed by atoms with E-state index in [1.807, 2.05) is 19.2 Å². The minimum atomic E-state index is 0.548. The summed E-state index contributed by atoms with van der Waals surface area (Å²) < 4.78 is 0. The number of rotatable bonds is 4. The van der Waals surface area contributed by atoms with Crippen molar-refractivity contribution in [1.29, 1.82) is 0 Å². The number of hydrogen-bond donors (Lipinski definition) is 1. The highest BCUT2D eigenvalue weighted by atomic mass is 14.8. The van der Waals surface area contributed by atoms with Crippen LogP contribution >= 0.6 is 0 Å². The highest BCUT2D eigenvalue weighted by molar-refractivity contribution is 5.61. The maximum Gasteiger partial charge on any atom is 0.0450 e. The normalized spacial score (nSPS) is 11.7. The Morgan fingerprint density at radius 2 is 1.50 bits per heavy atom. The van der Waals surface area contributed by atoms with Crippen LogP contribution in [0.2, 0.25) is 0 Å². The van der Waals surface area contributed by atoms with Gasteiger partial charge in [-0.25, -0.2) is 0 Å². The summed E-state index contributed by atoms with van der Waals surface area (Å²) in [5, 5.41) is 3.41. The number of benzene rings is 1. The quantitative estimate of drug-likeness (QED) is 0.758. The fourth-order valence-electron chi connectivity index (χ4n) is 1.88. The molecule has 0 amide bonds. The van der Waals surface area contributed by atoms with Gasteiger partial charge in [-0.05, 0) is 36.1 Å². The molecule has 0 heterocycles. The van der Waals surface area contributed by atoms with E-state index in [-0.39, 0.29) is 0 Å². The Bertz CT molecular complexity index is 335. The van der Waals surface area contributed by atoms with E-state index >= 15 is 0 Å². The van der Waals surface area contributed by atoms with Crippen molar-refractivity contribution in [2.45, 2.75) is 46.5 Å². The van der Waals surface area contributed by atoms with Gasteiger partial charge in [0.2, 0.25) is 0 Å². The second-order valence-electron chi connectivity index (χ2n) is 4.77. The summed E-state index contributed by atoms with van der Waals surface area (Å²) in [5.74, 6) is 1.10. The predicted molar refractivity (Wildman–Crippen MR) is 73.1 cm³/mol. The summed E-state index contributed by atoms with van der Waals surface area (Å²) in [6.07, 6.45) is 4.04. The average Bonchev–Trinajstić information content (AvgIpc) is 2.25. The fraction of sp³-hybridized carbons (Fsp3) is 0.467. The molecule has 1 rings (SSSR count). The molecule has 88 valence electrons. The standard InChI is InChI=1S/C15H23N/c1-6-10-16-15-13(11(2)3)8-7-9-14(15)12(4)5/h6-12,16H,1-5H3/b10-6-. The fourth-order valence-corrected chi connectivity index (χ4v) is 1.88. The predicted octanol–water partition coefficient (Wildman–Crippen LogP) is 4.88. The summed E-state index contributed by atoms with van der Waals surface area (Å²) in [5.41, 5.74) is 4.07. The Morgan fingerprint density at radius 1 is 1.00 bits per heavy atom. The number of anilines is 1. The number of para-hydroxylation sites is 1. The Hall–Kier alpha value is -1.24. The molecule has 0 fully saturated rings. The van der Waals surface area contributed by atoms with Gasteiger partial charge in [0, 0.05) is 5.69 Å². The van der Waals surface area contributed by atoms with E-state index in [4.69, 9.17) is 0 Å². The Labute approximate surface area is 99.6 Å². The molecule has 1 aromatic rings. The lowest BCUT2D eigenvalue weighted by Gasteiger charge is -2.19. The van der Waals surface area contributed by atoms with Gasteiger partial charge in [0.05, 0.1) is 0 Å². The van der Waals surface area contributed by atoms with Crippen LogP contribution in [0.15, 0.2) is 30.5 Å². The largest absolute Gasteiger partial charge is 0.362 e. The van der Waals surface area contributed by atoms with Crippen LogP contribution in [0.25, 0.3) is 0 Å². The maximum absolute atomic E-state index is 3.41. The molecule has 0 aliphatic carbocycles. The molecule has 1 nitrogen and oxygen atoms in total. The van der Waals surface area contributed by atoms with Gasteiger partial charge in [0.1, 0.15) is 0 Å².